The van der Waals surface area contributed by atoms with Crippen LogP contribution in [0.15, 0.2) is 35.3 Å². The molecule has 3 N–H and O–H groups in total. The van der Waals surface area contributed by atoms with E-state index in [0.717, 1.165) is 38.1 Å². The van der Waals surface area contributed by atoms with Gasteiger partial charge in [0.05, 0.1) is 0 Å². The Morgan fingerprint density at radius 1 is 1.06 bits per heavy atom. The van der Waals surface area contributed by atoms with Crippen LogP contribution in [0.25, 0.3) is 0 Å². The van der Waals surface area contributed by atoms with Gasteiger partial charge < -0.3 is 11.1 Å². The fourth-order valence-corrected chi connectivity index (χ4v) is 6.07. The van der Waals surface area contributed by atoms with Crippen molar-refractivity contribution in [2.75, 3.05) is 7.05 Å². The van der Waals surface area contributed by atoms with Crippen LogP contribution in [-0.4, -0.2) is 35.4 Å². The molecule has 170 valence electrons. The fraction of sp³-hybridized carbons (Fsp3) is 0.692. The molecule has 5 heteroatoms. The molecule has 0 saturated heterocycles. The summed E-state index contributed by atoms with van der Waals surface area (Å²) in [5.74, 6) is 1.82. The fourth-order valence-electron chi connectivity index (χ4n) is 6.07. The monoisotopic (exact) mass is 424 g/mol. The zero-order valence-corrected chi connectivity index (χ0v) is 19.2. The van der Waals surface area contributed by atoms with Crippen LogP contribution in [0, 0.1) is 11.8 Å². The zero-order chi connectivity index (χ0) is 21.7. The average molecular weight is 425 g/mol. The predicted molar refractivity (Wildman–Crippen MR) is 127 cm³/mol. The third-order valence-electron chi connectivity index (χ3n) is 7.91. The van der Waals surface area contributed by atoms with E-state index >= 15 is 0 Å². The summed E-state index contributed by atoms with van der Waals surface area (Å²) in [5, 5.41) is 3.76. The summed E-state index contributed by atoms with van der Waals surface area (Å²) < 4.78 is 0. The Balaban J connectivity index is 1.38. The summed E-state index contributed by atoms with van der Waals surface area (Å²) >= 11 is 0. The van der Waals surface area contributed by atoms with Crippen LogP contribution in [0.5, 0.6) is 0 Å². The number of aliphatic imine (C=N–C) groups is 1. The highest BCUT2D eigenvalue weighted by atomic mass is 16.2. The Bertz CT molecular complexity index is 758. The third kappa shape index (κ3) is 5.49. The van der Waals surface area contributed by atoms with E-state index in [9.17, 15) is 4.79 Å². The SMILES string of the molecule is CN1C(=O)[C@@](CCC2CCCCC2)(CC2CCCC(NCc3ccccc3)C2)N=C1N. The second kappa shape index (κ2) is 10.2. The summed E-state index contributed by atoms with van der Waals surface area (Å²) in [5.41, 5.74) is 6.85. The third-order valence-corrected chi connectivity index (χ3v) is 7.91. The molecule has 0 radical (unpaired) electrons. The van der Waals surface area contributed by atoms with E-state index in [1.807, 2.05) is 0 Å². The number of guanidine groups is 1. The highest BCUT2D eigenvalue weighted by Crippen LogP contribution is 2.40. The van der Waals surface area contributed by atoms with Crippen molar-refractivity contribution in [2.45, 2.75) is 95.2 Å². The minimum Gasteiger partial charge on any atom is -0.369 e. The lowest BCUT2D eigenvalue weighted by atomic mass is 9.74. The van der Waals surface area contributed by atoms with Crippen molar-refractivity contribution in [1.82, 2.24) is 10.2 Å². The molecule has 3 atom stereocenters. The second-order valence-electron chi connectivity index (χ2n) is 10.2. The Hall–Kier alpha value is -1.88. The smallest absolute Gasteiger partial charge is 0.257 e. The lowest BCUT2D eigenvalue weighted by Gasteiger charge is -2.35. The van der Waals surface area contributed by atoms with Crippen LogP contribution in [0.2, 0.25) is 0 Å². The number of amides is 1. The predicted octanol–water partition coefficient (Wildman–Crippen LogP) is 4.61. The molecule has 3 aliphatic rings. The molecule has 0 spiro atoms. The van der Waals surface area contributed by atoms with Crippen LogP contribution in [0.4, 0.5) is 0 Å². The number of hydrogen-bond acceptors (Lipinski definition) is 4. The van der Waals surface area contributed by atoms with Gasteiger partial charge in [-0.2, -0.15) is 0 Å². The average Bonchev–Trinajstić information content (AvgIpc) is 3.01. The van der Waals surface area contributed by atoms with E-state index < -0.39 is 5.54 Å². The summed E-state index contributed by atoms with van der Waals surface area (Å²) in [6, 6.07) is 11.1. The normalized spacial score (nSPS) is 29.9. The molecule has 1 heterocycles. The highest BCUT2D eigenvalue weighted by Gasteiger charge is 2.47. The van der Waals surface area contributed by atoms with Gasteiger partial charge >= 0.3 is 0 Å². The molecule has 1 amide bonds. The molecular formula is C26H40N4O. The second-order valence-corrected chi connectivity index (χ2v) is 10.2. The molecule has 1 aromatic rings. The first-order valence-corrected chi connectivity index (χ1v) is 12.5. The number of nitrogens with two attached hydrogens (primary N) is 1. The van der Waals surface area contributed by atoms with Gasteiger partial charge in [0.15, 0.2) is 5.96 Å². The number of carbonyl (C=O) groups excluding carboxylic acids is 1. The molecule has 0 aromatic heterocycles. The van der Waals surface area contributed by atoms with Crippen molar-refractivity contribution in [3.8, 4) is 0 Å². The molecule has 5 nitrogen and oxygen atoms in total. The number of rotatable bonds is 8. The van der Waals surface area contributed by atoms with Gasteiger partial charge in [0.1, 0.15) is 5.54 Å². The molecule has 1 aliphatic heterocycles. The van der Waals surface area contributed by atoms with Gasteiger partial charge in [0.2, 0.25) is 0 Å². The minimum absolute atomic E-state index is 0.125. The van der Waals surface area contributed by atoms with Crippen LogP contribution in [0.3, 0.4) is 0 Å². The maximum Gasteiger partial charge on any atom is 0.257 e. The summed E-state index contributed by atoms with van der Waals surface area (Å²) in [4.78, 5) is 19.7. The molecule has 2 unspecified atom stereocenters. The lowest BCUT2D eigenvalue weighted by molar-refractivity contribution is -0.131. The van der Waals surface area contributed by atoms with Gasteiger partial charge in [0.25, 0.3) is 5.91 Å². The number of likely N-dealkylation sites (N-methyl/N-ethyl adjacent to an activating group) is 1. The van der Waals surface area contributed by atoms with E-state index in [1.54, 1.807) is 11.9 Å². The summed E-state index contributed by atoms with van der Waals surface area (Å²) in [6.45, 7) is 0.915. The van der Waals surface area contributed by atoms with Crippen molar-refractivity contribution in [3.05, 3.63) is 35.9 Å². The van der Waals surface area contributed by atoms with Gasteiger partial charge in [0, 0.05) is 19.6 Å². The molecule has 2 saturated carbocycles. The van der Waals surface area contributed by atoms with Crippen molar-refractivity contribution in [1.29, 1.82) is 0 Å². The number of hydrogen-bond donors (Lipinski definition) is 2. The first kappa shape index (κ1) is 22.3. The molecule has 0 bridgehead atoms. The van der Waals surface area contributed by atoms with Crippen LogP contribution < -0.4 is 11.1 Å². The standard InChI is InChI=1S/C26H40N4O/c1-30-24(31)26(29-25(30)27,16-15-20-9-4-2-5-10-20)18-22-13-8-14-23(17-22)28-19-21-11-6-3-7-12-21/h3,6-7,11-12,20,22-23,28H,2,4-5,8-10,13-19H2,1H3,(H2,27,29)/t22?,23?,26-/m1/s1. The van der Waals surface area contributed by atoms with E-state index in [4.69, 9.17) is 10.7 Å². The number of nitrogens with zero attached hydrogens (tertiary/aromatic N) is 2. The van der Waals surface area contributed by atoms with E-state index in [1.165, 1.54) is 56.9 Å². The Labute approximate surface area is 187 Å². The maximum atomic E-state index is 13.3. The lowest BCUT2D eigenvalue weighted by Crippen LogP contribution is -2.44. The Kier molecular flexibility index (Phi) is 7.31. The Morgan fingerprint density at radius 2 is 1.81 bits per heavy atom. The highest BCUT2D eigenvalue weighted by molar-refractivity contribution is 6.06. The molecule has 2 fully saturated rings. The first-order chi connectivity index (χ1) is 15.1. The van der Waals surface area contributed by atoms with Crippen molar-refractivity contribution >= 4 is 11.9 Å². The quantitative estimate of drug-likeness (QED) is 0.640. The molecule has 4 rings (SSSR count). The molecule has 31 heavy (non-hydrogen) atoms. The maximum absolute atomic E-state index is 13.3. The van der Waals surface area contributed by atoms with E-state index in [0.29, 0.717) is 17.9 Å². The number of benzene rings is 1. The molecule has 2 aliphatic carbocycles. The number of carbonyl (C=O) groups is 1. The van der Waals surface area contributed by atoms with Gasteiger partial charge in [-0.1, -0.05) is 75.3 Å². The van der Waals surface area contributed by atoms with Crippen molar-refractivity contribution < 1.29 is 4.79 Å². The van der Waals surface area contributed by atoms with Crippen LogP contribution >= 0.6 is 0 Å². The number of nitrogens with one attached hydrogen (secondary N) is 1. The van der Waals surface area contributed by atoms with Crippen LogP contribution in [-0.2, 0) is 11.3 Å². The van der Waals surface area contributed by atoms with Crippen LogP contribution in [0.1, 0.15) is 82.6 Å². The molecule has 1 aromatic carbocycles. The van der Waals surface area contributed by atoms with E-state index in [2.05, 4.69) is 35.6 Å². The topological polar surface area (TPSA) is 70.7 Å². The van der Waals surface area contributed by atoms with Gasteiger partial charge in [-0.05, 0) is 49.5 Å². The van der Waals surface area contributed by atoms with Gasteiger partial charge in [-0.3, -0.25) is 9.69 Å². The summed E-state index contributed by atoms with van der Waals surface area (Å²) in [7, 11) is 1.79. The van der Waals surface area contributed by atoms with Crippen molar-refractivity contribution in [3.63, 3.8) is 0 Å². The Morgan fingerprint density at radius 3 is 2.52 bits per heavy atom. The largest absolute Gasteiger partial charge is 0.369 e. The van der Waals surface area contributed by atoms with Crippen molar-refractivity contribution in [2.24, 2.45) is 22.6 Å². The molecular weight excluding hydrogens is 384 g/mol. The van der Waals surface area contributed by atoms with E-state index in [-0.39, 0.29) is 5.91 Å². The first-order valence-electron chi connectivity index (χ1n) is 12.5. The van der Waals surface area contributed by atoms with Gasteiger partial charge in [-0.15, -0.1) is 0 Å². The minimum atomic E-state index is -0.623. The zero-order valence-electron chi connectivity index (χ0n) is 19.2. The van der Waals surface area contributed by atoms with Gasteiger partial charge in [-0.25, -0.2) is 4.99 Å². The summed E-state index contributed by atoms with van der Waals surface area (Å²) in [6.07, 6.45) is 14.3.